The third kappa shape index (κ3) is 5.81. The van der Waals surface area contributed by atoms with E-state index < -0.39 is 23.8 Å². The molecule has 1 saturated heterocycles. The molecule has 0 bridgehead atoms. The molecule has 1 heterocycles. The average molecular weight is 501 g/mol. The minimum Gasteiger partial charge on any atom is -0.490 e. The van der Waals surface area contributed by atoms with Crippen molar-refractivity contribution in [3.05, 3.63) is 58.1 Å². The minimum absolute atomic E-state index is 0.176. The number of carbonyl (C=O) groups is 4. The number of imide groups is 2. The lowest BCUT2D eigenvalue weighted by Gasteiger charge is -2.26. The second-order valence-corrected chi connectivity index (χ2v) is 7.74. The van der Waals surface area contributed by atoms with Gasteiger partial charge in [-0.05, 0) is 68.3 Å². The van der Waals surface area contributed by atoms with E-state index in [4.69, 9.17) is 25.8 Å². The van der Waals surface area contributed by atoms with Crippen LogP contribution in [0, 0.1) is 0 Å². The van der Waals surface area contributed by atoms with Crippen LogP contribution in [0.2, 0.25) is 5.02 Å². The number of rotatable bonds is 9. The number of nitrogens with one attached hydrogen (secondary N) is 1. The van der Waals surface area contributed by atoms with E-state index in [0.717, 1.165) is 11.3 Å². The molecule has 1 N–H and O–H groups in total. The first-order valence-electron chi connectivity index (χ1n) is 11.1. The van der Waals surface area contributed by atoms with Gasteiger partial charge in [-0.2, -0.15) is 0 Å². The number of ether oxygens (including phenoxy) is 3. The average Bonchev–Trinajstić information content (AvgIpc) is 2.82. The van der Waals surface area contributed by atoms with Crippen molar-refractivity contribution < 1.29 is 33.4 Å². The number of hydrogen-bond donors (Lipinski definition) is 1. The van der Waals surface area contributed by atoms with Crippen molar-refractivity contribution in [1.82, 2.24) is 5.32 Å². The van der Waals surface area contributed by atoms with Crippen LogP contribution in [0.1, 0.15) is 43.1 Å². The molecule has 9 nitrogen and oxygen atoms in total. The molecular weight excluding hydrogens is 476 g/mol. The highest BCUT2D eigenvalue weighted by Crippen LogP contribution is 2.37. The predicted octanol–water partition coefficient (Wildman–Crippen LogP) is 4.37. The van der Waals surface area contributed by atoms with Crippen molar-refractivity contribution in [3.63, 3.8) is 0 Å². The van der Waals surface area contributed by atoms with Gasteiger partial charge >= 0.3 is 12.0 Å². The molecule has 35 heavy (non-hydrogen) atoms. The number of urea groups is 1. The first-order chi connectivity index (χ1) is 16.8. The molecule has 184 valence electrons. The van der Waals surface area contributed by atoms with Gasteiger partial charge in [0.15, 0.2) is 11.5 Å². The maximum absolute atomic E-state index is 13.2. The number of benzene rings is 2. The largest absolute Gasteiger partial charge is 0.490 e. The smallest absolute Gasteiger partial charge is 0.338 e. The van der Waals surface area contributed by atoms with Crippen molar-refractivity contribution >= 4 is 47.2 Å². The molecule has 0 atom stereocenters. The lowest BCUT2D eigenvalue weighted by Crippen LogP contribution is -2.54. The van der Waals surface area contributed by atoms with Gasteiger partial charge in [0.05, 0.1) is 36.1 Å². The van der Waals surface area contributed by atoms with E-state index >= 15 is 0 Å². The molecular formula is C25H25ClN2O7. The summed E-state index contributed by atoms with van der Waals surface area (Å²) in [5.74, 6) is -1.47. The van der Waals surface area contributed by atoms with Crippen LogP contribution < -0.4 is 19.7 Å². The van der Waals surface area contributed by atoms with Crippen LogP contribution in [0.3, 0.4) is 0 Å². The van der Waals surface area contributed by atoms with Gasteiger partial charge in [0.2, 0.25) is 0 Å². The molecule has 1 aliphatic rings. The molecule has 3 rings (SSSR count). The Hall–Kier alpha value is -3.85. The molecule has 10 heteroatoms. The van der Waals surface area contributed by atoms with Crippen LogP contribution >= 0.6 is 11.6 Å². The summed E-state index contributed by atoms with van der Waals surface area (Å²) < 4.78 is 16.2. The van der Waals surface area contributed by atoms with E-state index in [0.29, 0.717) is 30.3 Å². The van der Waals surface area contributed by atoms with Gasteiger partial charge in [-0.15, -0.1) is 0 Å². The molecule has 2 aromatic carbocycles. The topological polar surface area (TPSA) is 111 Å². The molecule has 2 aromatic rings. The number of amides is 4. The summed E-state index contributed by atoms with van der Waals surface area (Å²) in [4.78, 5) is 50.8. The van der Waals surface area contributed by atoms with Crippen molar-refractivity contribution in [2.45, 2.75) is 27.2 Å². The molecule has 0 aromatic heterocycles. The third-order valence-corrected chi connectivity index (χ3v) is 5.11. The van der Waals surface area contributed by atoms with Crippen LogP contribution in [-0.4, -0.2) is 43.6 Å². The summed E-state index contributed by atoms with van der Waals surface area (Å²) in [6, 6.07) is 7.92. The Labute approximate surface area is 207 Å². The molecule has 1 aliphatic heterocycles. The zero-order chi connectivity index (χ0) is 25.5. The first kappa shape index (κ1) is 25.8. The normalized spacial score (nSPS) is 14.7. The molecule has 0 unspecified atom stereocenters. The monoisotopic (exact) mass is 500 g/mol. The Balaban J connectivity index is 1.96. The number of halogens is 1. The fourth-order valence-electron chi connectivity index (χ4n) is 3.30. The summed E-state index contributed by atoms with van der Waals surface area (Å²) in [6.07, 6.45) is 2.09. The molecule has 0 radical (unpaired) electrons. The summed E-state index contributed by atoms with van der Waals surface area (Å²) in [6.45, 7) is 6.44. The minimum atomic E-state index is -0.905. The van der Waals surface area contributed by atoms with E-state index in [2.05, 4.69) is 5.32 Å². The summed E-state index contributed by atoms with van der Waals surface area (Å²) in [5.41, 5.74) is 0.568. The van der Waals surface area contributed by atoms with Crippen LogP contribution in [0.15, 0.2) is 42.0 Å². The number of hydrogen-bond acceptors (Lipinski definition) is 7. The van der Waals surface area contributed by atoms with E-state index in [1.54, 1.807) is 19.9 Å². The Morgan fingerprint density at radius 2 is 1.74 bits per heavy atom. The van der Waals surface area contributed by atoms with Crippen LogP contribution in [0.25, 0.3) is 6.08 Å². The molecule has 1 fully saturated rings. The summed E-state index contributed by atoms with van der Waals surface area (Å²) >= 11 is 6.38. The molecule has 4 amide bonds. The molecule has 0 spiro atoms. The highest BCUT2D eigenvalue weighted by Gasteiger charge is 2.37. The maximum atomic E-state index is 13.2. The second-order valence-electron chi connectivity index (χ2n) is 7.34. The number of nitrogens with zero attached hydrogens (tertiary/aromatic N) is 1. The van der Waals surface area contributed by atoms with Gasteiger partial charge in [0.25, 0.3) is 11.8 Å². The lowest BCUT2D eigenvalue weighted by atomic mass is 10.1. The van der Waals surface area contributed by atoms with Gasteiger partial charge in [0, 0.05) is 0 Å². The fourth-order valence-corrected chi connectivity index (χ4v) is 3.57. The van der Waals surface area contributed by atoms with Crippen molar-refractivity contribution in [3.8, 4) is 11.5 Å². The van der Waals surface area contributed by atoms with Crippen molar-refractivity contribution in [2.24, 2.45) is 0 Å². The highest BCUT2D eigenvalue weighted by atomic mass is 35.5. The Morgan fingerprint density at radius 3 is 2.37 bits per heavy atom. The van der Waals surface area contributed by atoms with E-state index in [1.807, 2.05) is 6.92 Å². The Bertz CT molecular complexity index is 1180. The zero-order valence-corrected chi connectivity index (χ0v) is 20.3. The van der Waals surface area contributed by atoms with Crippen LogP contribution in [-0.2, 0) is 14.3 Å². The number of esters is 1. The SMILES string of the molecule is CCCOc1c(Cl)cc(/C=C2\C(=O)NC(=O)N(c3ccc(C(=O)OCC)cc3)C2=O)cc1OCC. The second kappa shape index (κ2) is 11.5. The van der Waals surface area contributed by atoms with Gasteiger partial charge in [-0.25, -0.2) is 14.5 Å². The van der Waals surface area contributed by atoms with Crippen molar-refractivity contribution in [1.29, 1.82) is 0 Å². The van der Waals surface area contributed by atoms with Gasteiger partial charge in [-0.1, -0.05) is 18.5 Å². The first-order valence-corrected chi connectivity index (χ1v) is 11.5. The Kier molecular flexibility index (Phi) is 8.48. The summed E-state index contributed by atoms with van der Waals surface area (Å²) in [7, 11) is 0. The van der Waals surface area contributed by atoms with Gasteiger partial charge < -0.3 is 14.2 Å². The van der Waals surface area contributed by atoms with E-state index in [9.17, 15) is 19.2 Å². The number of barbiturate groups is 1. The standard InChI is InChI=1S/C25H25ClN2O7/c1-4-11-35-21-19(26)13-15(14-20(21)33-5-2)12-18-22(29)27-25(32)28(23(18)30)17-9-7-16(8-10-17)24(31)34-6-3/h7-10,12-14H,4-6,11H2,1-3H3,(H,27,29,32)/b18-12+. The number of anilines is 1. The molecule has 0 saturated carbocycles. The molecule has 0 aliphatic carbocycles. The lowest BCUT2D eigenvalue weighted by molar-refractivity contribution is -0.122. The fraction of sp³-hybridized carbons (Fsp3) is 0.280. The van der Waals surface area contributed by atoms with Crippen LogP contribution in [0.4, 0.5) is 10.5 Å². The van der Waals surface area contributed by atoms with E-state index in [-0.39, 0.29) is 28.5 Å². The highest BCUT2D eigenvalue weighted by molar-refractivity contribution is 6.39. The zero-order valence-electron chi connectivity index (χ0n) is 19.6. The van der Waals surface area contributed by atoms with Gasteiger partial charge in [0.1, 0.15) is 5.57 Å². The Morgan fingerprint density at radius 1 is 1.03 bits per heavy atom. The predicted molar refractivity (Wildman–Crippen MR) is 130 cm³/mol. The van der Waals surface area contributed by atoms with Crippen LogP contribution in [0.5, 0.6) is 11.5 Å². The maximum Gasteiger partial charge on any atom is 0.338 e. The van der Waals surface area contributed by atoms with E-state index in [1.165, 1.54) is 36.4 Å². The number of carbonyl (C=O) groups excluding carboxylic acids is 4. The quantitative estimate of drug-likeness (QED) is 0.309. The van der Waals surface area contributed by atoms with Crippen molar-refractivity contribution in [2.75, 3.05) is 24.7 Å². The summed E-state index contributed by atoms with van der Waals surface area (Å²) in [5, 5.41) is 2.41. The van der Waals surface area contributed by atoms with Gasteiger partial charge in [-0.3, -0.25) is 14.9 Å². The third-order valence-electron chi connectivity index (χ3n) is 4.83.